The average molecular weight is 324 g/mol. The predicted octanol–water partition coefficient (Wildman–Crippen LogP) is 1.24. The monoisotopic (exact) mass is 324 g/mol. The van der Waals surface area contributed by atoms with Gasteiger partial charge in [0, 0.05) is 18.9 Å². The van der Waals surface area contributed by atoms with Gasteiger partial charge >= 0.3 is 0 Å². The summed E-state index contributed by atoms with van der Waals surface area (Å²) in [6, 6.07) is 1.85. The molecule has 5 nitrogen and oxygen atoms in total. The van der Waals surface area contributed by atoms with Gasteiger partial charge in [0.05, 0.1) is 6.42 Å². The summed E-state index contributed by atoms with van der Waals surface area (Å²) in [6.07, 6.45) is 1.66. The van der Waals surface area contributed by atoms with Gasteiger partial charge in [-0.25, -0.2) is 8.78 Å². The summed E-state index contributed by atoms with van der Waals surface area (Å²) >= 11 is 0. The highest BCUT2D eigenvalue weighted by Gasteiger charge is 2.32. The highest BCUT2D eigenvalue weighted by Crippen LogP contribution is 2.24. The molecule has 1 aliphatic carbocycles. The first-order valence-corrected chi connectivity index (χ1v) is 7.40. The second-order valence-corrected chi connectivity index (χ2v) is 5.80. The molecule has 3 N–H and O–H groups in total. The van der Waals surface area contributed by atoms with Crippen molar-refractivity contribution >= 4 is 17.6 Å². The fourth-order valence-corrected chi connectivity index (χ4v) is 2.89. The number of hydrogen-bond acceptors (Lipinski definition) is 3. The van der Waals surface area contributed by atoms with Gasteiger partial charge in [-0.3, -0.25) is 14.4 Å². The molecule has 124 valence electrons. The molecule has 0 unspecified atom stereocenters. The molecule has 2 amide bonds. The van der Waals surface area contributed by atoms with E-state index in [9.17, 15) is 23.2 Å². The van der Waals surface area contributed by atoms with Crippen molar-refractivity contribution in [2.75, 3.05) is 0 Å². The number of primary amides is 1. The summed E-state index contributed by atoms with van der Waals surface area (Å²) in [6.45, 7) is 0. The van der Waals surface area contributed by atoms with Crippen LogP contribution in [-0.4, -0.2) is 23.6 Å². The smallest absolute Gasteiger partial charge is 0.240 e. The maximum atomic E-state index is 13.1. The first kappa shape index (κ1) is 17.1. The van der Waals surface area contributed by atoms with Crippen molar-refractivity contribution in [1.29, 1.82) is 0 Å². The number of halogens is 2. The molecule has 0 heterocycles. The summed E-state index contributed by atoms with van der Waals surface area (Å²) in [5, 5.41) is 2.48. The van der Waals surface area contributed by atoms with Gasteiger partial charge in [0.2, 0.25) is 11.8 Å². The molecule has 2 atom stereocenters. The summed E-state index contributed by atoms with van der Waals surface area (Å²) in [5.74, 6) is -3.15. The number of nitrogens with two attached hydrogens (primary N) is 1. The van der Waals surface area contributed by atoms with Crippen LogP contribution in [0.2, 0.25) is 0 Å². The number of hydrogen-bond donors (Lipinski definition) is 2. The van der Waals surface area contributed by atoms with E-state index < -0.39 is 29.5 Å². The van der Waals surface area contributed by atoms with Gasteiger partial charge < -0.3 is 11.1 Å². The van der Waals surface area contributed by atoms with E-state index in [1.165, 1.54) is 0 Å². The van der Waals surface area contributed by atoms with Crippen molar-refractivity contribution in [3.8, 4) is 0 Å². The zero-order chi connectivity index (χ0) is 17.0. The number of amides is 2. The molecule has 7 heteroatoms. The van der Waals surface area contributed by atoms with Crippen LogP contribution in [0.5, 0.6) is 0 Å². The minimum absolute atomic E-state index is 0.0361. The molecule has 1 saturated carbocycles. The van der Waals surface area contributed by atoms with E-state index in [-0.39, 0.29) is 30.1 Å². The molecular weight excluding hydrogens is 306 g/mol. The molecule has 0 saturated heterocycles. The normalized spacial score (nSPS) is 19.2. The molecule has 0 bridgehead atoms. The third-order valence-corrected chi connectivity index (χ3v) is 3.90. The van der Waals surface area contributed by atoms with E-state index >= 15 is 0 Å². The Morgan fingerprint density at radius 2 is 1.91 bits per heavy atom. The van der Waals surface area contributed by atoms with Gasteiger partial charge in [-0.15, -0.1) is 0 Å². The van der Waals surface area contributed by atoms with Gasteiger partial charge in [-0.05, 0) is 36.5 Å². The van der Waals surface area contributed by atoms with Crippen molar-refractivity contribution in [1.82, 2.24) is 5.32 Å². The lowest BCUT2D eigenvalue weighted by Gasteiger charge is -2.28. The van der Waals surface area contributed by atoms with Gasteiger partial charge in [-0.2, -0.15) is 0 Å². The van der Waals surface area contributed by atoms with Crippen LogP contribution in [0.25, 0.3) is 0 Å². The Hall–Kier alpha value is -2.31. The van der Waals surface area contributed by atoms with Gasteiger partial charge in [-0.1, -0.05) is 0 Å². The number of carbonyl (C=O) groups excluding carboxylic acids is 3. The number of carbonyl (C=O) groups is 3. The molecule has 0 radical (unpaired) electrons. The molecule has 1 fully saturated rings. The number of ketones is 1. The standard InChI is InChI=1S/C16H18F2N2O3/c17-11-4-9(5-12(18)8-11)6-14(22)20-15(16(19)23)10-2-1-3-13(21)7-10/h4-5,8,10,15H,1-3,6-7H2,(H2,19,23)(H,20,22)/t10-,15+/m0/s1. The molecular formula is C16H18F2N2O3. The van der Waals surface area contributed by atoms with Crippen LogP contribution in [0.1, 0.15) is 31.2 Å². The summed E-state index contributed by atoms with van der Waals surface area (Å²) < 4.78 is 26.2. The first-order chi connectivity index (χ1) is 10.8. The SMILES string of the molecule is NC(=O)[C@H](NC(=O)Cc1cc(F)cc(F)c1)[C@H]1CCCC(=O)C1. The van der Waals surface area contributed by atoms with E-state index in [1.54, 1.807) is 0 Å². The van der Waals surface area contributed by atoms with E-state index in [0.29, 0.717) is 25.3 Å². The lowest BCUT2D eigenvalue weighted by molar-refractivity contribution is -0.130. The maximum absolute atomic E-state index is 13.1. The molecule has 23 heavy (non-hydrogen) atoms. The average Bonchev–Trinajstić information content (AvgIpc) is 2.43. The predicted molar refractivity (Wildman–Crippen MR) is 78.2 cm³/mol. The first-order valence-electron chi connectivity index (χ1n) is 7.40. The maximum Gasteiger partial charge on any atom is 0.240 e. The fourth-order valence-electron chi connectivity index (χ4n) is 2.89. The largest absolute Gasteiger partial charge is 0.368 e. The summed E-state index contributed by atoms with van der Waals surface area (Å²) in [5.41, 5.74) is 5.47. The van der Waals surface area contributed by atoms with Crippen molar-refractivity contribution in [3.05, 3.63) is 35.4 Å². The van der Waals surface area contributed by atoms with Crippen molar-refractivity contribution in [2.45, 2.75) is 38.1 Å². The van der Waals surface area contributed by atoms with Crippen molar-refractivity contribution in [3.63, 3.8) is 0 Å². The van der Waals surface area contributed by atoms with Crippen LogP contribution in [0.4, 0.5) is 8.78 Å². The van der Waals surface area contributed by atoms with Crippen LogP contribution in [0, 0.1) is 17.6 Å². The minimum Gasteiger partial charge on any atom is -0.368 e. The number of Topliss-reactive ketones (excluding diaryl/α,β-unsaturated/α-hetero) is 1. The summed E-state index contributed by atoms with van der Waals surface area (Å²) in [4.78, 5) is 35.1. The zero-order valence-electron chi connectivity index (χ0n) is 12.5. The van der Waals surface area contributed by atoms with E-state index in [1.807, 2.05) is 0 Å². The topological polar surface area (TPSA) is 89.3 Å². The van der Waals surface area contributed by atoms with Gasteiger partial charge in [0.25, 0.3) is 0 Å². The van der Waals surface area contributed by atoms with E-state index in [0.717, 1.165) is 12.1 Å². The fraction of sp³-hybridized carbons (Fsp3) is 0.438. The van der Waals surface area contributed by atoms with E-state index in [2.05, 4.69) is 5.32 Å². The Bertz CT molecular complexity index is 614. The highest BCUT2D eigenvalue weighted by molar-refractivity contribution is 5.89. The molecule has 1 aromatic carbocycles. The summed E-state index contributed by atoms with van der Waals surface area (Å²) in [7, 11) is 0. The minimum atomic E-state index is -0.954. The zero-order valence-corrected chi connectivity index (χ0v) is 12.5. The quantitative estimate of drug-likeness (QED) is 0.854. The molecule has 0 spiro atoms. The molecule has 0 aliphatic heterocycles. The molecule has 2 rings (SSSR count). The number of rotatable bonds is 5. The second kappa shape index (κ2) is 7.30. The van der Waals surface area contributed by atoms with Gasteiger partial charge in [0.1, 0.15) is 23.5 Å². The number of benzene rings is 1. The van der Waals surface area contributed by atoms with Crippen LogP contribution in [0.15, 0.2) is 18.2 Å². The van der Waals surface area contributed by atoms with Crippen LogP contribution < -0.4 is 11.1 Å². The molecule has 0 aromatic heterocycles. The lowest BCUT2D eigenvalue weighted by atomic mass is 9.83. The third kappa shape index (κ3) is 4.84. The van der Waals surface area contributed by atoms with Gasteiger partial charge in [0.15, 0.2) is 0 Å². The van der Waals surface area contributed by atoms with Crippen LogP contribution in [-0.2, 0) is 20.8 Å². The molecule has 1 aliphatic rings. The Morgan fingerprint density at radius 3 is 2.48 bits per heavy atom. The Labute approximate surface area is 132 Å². The second-order valence-electron chi connectivity index (χ2n) is 5.80. The van der Waals surface area contributed by atoms with Crippen LogP contribution >= 0.6 is 0 Å². The Morgan fingerprint density at radius 1 is 1.26 bits per heavy atom. The van der Waals surface area contributed by atoms with Crippen molar-refractivity contribution in [2.24, 2.45) is 11.7 Å². The van der Waals surface area contributed by atoms with E-state index in [4.69, 9.17) is 5.73 Å². The molecule has 1 aromatic rings. The Kier molecular flexibility index (Phi) is 5.41. The van der Waals surface area contributed by atoms with Crippen molar-refractivity contribution < 1.29 is 23.2 Å². The third-order valence-electron chi connectivity index (χ3n) is 3.90. The highest BCUT2D eigenvalue weighted by atomic mass is 19.1. The Balaban J connectivity index is 2.03. The lowest BCUT2D eigenvalue weighted by Crippen LogP contribution is -2.50. The van der Waals surface area contributed by atoms with Crippen LogP contribution in [0.3, 0.4) is 0 Å². The number of nitrogens with one attached hydrogen (secondary N) is 1.